The molecule has 5 rings (SSSR count). The van der Waals surface area contributed by atoms with E-state index in [0.29, 0.717) is 29.4 Å². The summed E-state index contributed by atoms with van der Waals surface area (Å²) in [6.07, 6.45) is 10.1. The van der Waals surface area contributed by atoms with Crippen molar-refractivity contribution in [3.05, 3.63) is 71.3 Å². The van der Waals surface area contributed by atoms with Crippen LogP contribution < -0.4 is 5.32 Å². The Morgan fingerprint density at radius 3 is 2.44 bits per heavy atom. The van der Waals surface area contributed by atoms with Gasteiger partial charge in [0.15, 0.2) is 0 Å². The minimum absolute atomic E-state index is 0.166. The summed E-state index contributed by atoms with van der Waals surface area (Å²) in [5.74, 6) is 1.17. The van der Waals surface area contributed by atoms with E-state index in [1.807, 2.05) is 47.5 Å². The Hall–Kier alpha value is -2.99. The molecule has 0 bridgehead atoms. The molecule has 3 aromatic rings. The fourth-order valence-electron chi connectivity index (χ4n) is 4.23. The Bertz CT molecular complexity index is 1080. The predicted octanol–water partition coefficient (Wildman–Crippen LogP) is 4.72. The zero-order valence-corrected chi connectivity index (χ0v) is 18.6. The minimum atomic E-state index is 0.166. The van der Waals surface area contributed by atoms with Crippen molar-refractivity contribution in [3.63, 3.8) is 0 Å². The maximum absolute atomic E-state index is 12.8. The average Bonchev–Trinajstić information content (AvgIpc) is 3.65. The summed E-state index contributed by atoms with van der Waals surface area (Å²) in [6.45, 7) is 1.48. The Morgan fingerprint density at radius 2 is 1.75 bits per heavy atom. The molecule has 1 aliphatic carbocycles. The van der Waals surface area contributed by atoms with Crippen LogP contribution >= 0.6 is 11.6 Å². The van der Waals surface area contributed by atoms with Gasteiger partial charge in [0.1, 0.15) is 0 Å². The largest absolute Gasteiger partial charge is 0.351 e. The van der Waals surface area contributed by atoms with Gasteiger partial charge in [-0.1, -0.05) is 23.7 Å². The monoisotopic (exact) mass is 447 g/mol. The Kier molecular flexibility index (Phi) is 6.04. The van der Waals surface area contributed by atoms with Crippen molar-refractivity contribution in [1.29, 1.82) is 0 Å². The molecule has 6 nitrogen and oxygen atoms in total. The SMILES string of the molecule is O=C(Cc1ccc(Cl)cc1)N1CCC(c2nc(NC3CC3)ncc2-c2ccncc2)CC1. The lowest BCUT2D eigenvalue weighted by Gasteiger charge is -2.32. The van der Waals surface area contributed by atoms with Crippen LogP contribution in [0.2, 0.25) is 5.02 Å². The van der Waals surface area contributed by atoms with Crippen molar-refractivity contribution in [3.8, 4) is 11.1 Å². The van der Waals surface area contributed by atoms with E-state index in [0.717, 1.165) is 48.3 Å². The molecule has 32 heavy (non-hydrogen) atoms. The molecule has 1 aromatic carbocycles. The highest BCUT2D eigenvalue weighted by molar-refractivity contribution is 6.30. The zero-order valence-electron chi connectivity index (χ0n) is 17.9. The maximum atomic E-state index is 12.8. The normalized spacial score (nSPS) is 16.7. The molecular weight excluding hydrogens is 422 g/mol. The van der Waals surface area contributed by atoms with E-state index in [1.165, 1.54) is 12.8 Å². The van der Waals surface area contributed by atoms with Crippen LogP contribution in [0.3, 0.4) is 0 Å². The van der Waals surface area contributed by atoms with E-state index in [1.54, 1.807) is 12.4 Å². The van der Waals surface area contributed by atoms with E-state index < -0.39 is 0 Å². The number of pyridine rings is 1. The van der Waals surface area contributed by atoms with E-state index in [-0.39, 0.29) is 5.91 Å². The van der Waals surface area contributed by atoms with Crippen LogP contribution in [-0.2, 0) is 11.2 Å². The van der Waals surface area contributed by atoms with E-state index in [2.05, 4.69) is 15.3 Å². The van der Waals surface area contributed by atoms with Gasteiger partial charge < -0.3 is 10.2 Å². The first-order valence-corrected chi connectivity index (χ1v) is 11.6. The fourth-order valence-corrected chi connectivity index (χ4v) is 4.36. The molecule has 0 atom stereocenters. The Morgan fingerprint density at radius 1 is 1.03 bits per heavy atom. The van der Waals surface area contributed by atoms with Crippen LogP contribution in [0.15, 0.2) is 55.0 Å². The molecule has 1 aliphatic heterocycles. The van der Waals surface area contributed by atoms with Gasteiger partial charge in [0, 0.05) is 54.2 Å². The number of hydrogen-bond acceptors (Lipinski definition) is 5. The van der Waals surface area contributed by atoms with Crippen LogP contribution in [-0.4, -0.2) is 44.9 Å². The number of halogens is 1. The molecule has 2 fully saturated rings. The molecule has 1 N–H and O–H groups in total. The van der Waals surface area contributed by atoms with E-state index in [9.17, 15) is 4.79 Å². The molecule has 164 valence electrons. The predicted molar refractivity (Wildman–Crippen MR) is 126 cm³/mol. The first-order valence-electron chi connectivity index (χ1n) is 11.2. The van der Waals surface area contributed by atoms with Crippen LogP contribution in [0, 0.1) is 0 Å². The molecule has 2 aliphatic rings. The first kappa shape index (κ1) is 20.9. The number of rotatable bonds is 6. The molecule has 0 radical (unpaired) electrons. The number of hydrogen-bond donors (Lipinski definition) is 1. The van der Waals surface area contributed by atoms with Gasteiger partial charge in [-0.25, -0.2) is 9.97 Å². The lowest BCUT2D eigenvalue weighted by Crippen LogP contribution is -2.39. The number of carbonyl (C=O) groups excluding carboxylic acids is 1. The van der Waals surface area contributed by atoms with Crippen molar-refractivity contribution in [1.82, 2.24) is 19.9 Å². The van der Waals surface area contributed by atoms with Crippen LogP contribution in [0.4, 0.5) is 5.95 Å². The number of nitrogens with one attached hydrogen (secondary N) is 1. The second-order valence-corrected chi connectivity index (χ2v) is 9.04. The molecule has 2 aromatic heterocycles. The van der Waals surface area contributed by atoms with E-state index >= 15 is 0 Å². The third-order valence-corrected chi connectivity index (χ3v) is 6.48. The number of aromatic nitrogens is 3. The number of piperidine rings is 1. The molecule has 0 spiro atoms. The van der Waals surface area contributed by atoms with E-state index in [4.69, 9.17) is 16.6 Å². The summed E-state index contributed by atoms with van der Waals surface area (Å²) in [5.41, 5.74) is 4.20. The van der Waals surface area contributed by atoms with Gasteiger partial charge in [0.2, 0.25) is 11.9 Å². The average molecular weight is 448 g/mol. The summed E-state index contributed by atoms with van der Waals surface area (Å²) < 4.78 is 0. The van der Waals surface area contributed by atoms with Gasteiger partial charge in [-0.05, 0) is 61.1 Å². The first-order chi connectivity index (χ1) is 15.7. The van der Waals surface area contributed by atoms with Gasteiger partial charge in [-0.15, -0.1) is 0 Å². The van der Waals surface area contributed by atoms with Gasteiger partial charge >= 0.3 is 0 Å². The Labute approximate surface area is 193 Å². The number of nitrogens with zero attached hydrogens (tertiary/aromatic N) is 4. The van der Waals surface area contributed by atoms with Gasteiger partial charge in [0.05, 0.1) is 12.1 Å². The van der Waals surface area contributed by atoms with Crippen LogP contribution in [0.5, 0.6) is 0 Å². The van der Waals surface area contributed by atoms with Crippen molar-refractivity contribution in [2.24, 2.45) is 0 Å². The number of amides is 1. The Balaban J connectivity index is 1.30. The highest BCUT2D eigenvalue weighted by Crippen LogP contribution is 2.35. The van der Waals surface area contributed by atoms with Crippen molar-refractivity contribution in [2.75, 3.05) is 18.4 Å². The summed E-state index contributed by atoms with van der Waals surface area (Å²) in [5, 5.41) is 4.11. The van der Waals surface area contributed by atoms with Gasteiger partial charge in [-0.3, -0.25) is 9.78 Å². The zero-order chi connectivity index (χ0) is 21.9. The van der Waals surface area contributed by atoms with Gasteiger partial charge in [-0.2, -0.15) is 0 Å². The second-order valence-electron chi connectivity index (χ2n) is 8.61. The summed E-state index contributed by atoms with van der Waals surface area (Å²) >= 11 is 5.96. The van der Waals surface area contributed by atoms with Crippen molar-refractivity contribution >= 4 is 23.5 Å². The maximum Gasteiger partial charge on any atom is 0.226 e. The number of anilines is 1. The highest BCUT2D eigenvalue weighted by Gasteiger charge is 2.28. The van der Waals surface area contributed by atoms with Crippen molar-refractivity contribution in [2.45, 2.75) is 44.1 Å². The lowest BCUT2D eigenvalue weighted by molar-refractivity contribution is -0.131. The number of likely N-dealkylation sites (tertiary alicyclic amines) is 1. The molecule has 1 amide bonds. The van der Waals surface area contributed by atoms with Crippen LogP contribution in [0.25, 0.3) is 11.1 Å². The second kappa shape index (κ2) is 9.25. The van der Waals surface area contributed by atoms with Crippen LogP contribution in [0.1, 0.15) is 42.9 Å². The third-order valence-electron chi connectivity index (χ3n) is 6.22. The third kappa shape index (κ3) is 4.91. The number of benzene rings is 1. The lowest BCUT2D eigenvalue weighted by atomic mass is 9.89. The number of carbonyl (C=O) groups is 1. The molecule has 7 heteroatoms. The molecule has 1 saturated heterocycles. The molecule has 1 saturated carbocycles. The quantitative estimate of drug-likeness (QED) is 0.592. The summed E-state index contributed by atoms with van der Waals surface area (Å²) in [4.78, 5) is 28.4. The topological polar surface area (TPSA) is 71.0 Å². The molecular formula is C25H26ClN5O. The standard InChI is InChI=1S/C25H26ClN5O/c26-20-3-1-17(2-4-20)15-23(32)31-13-9-19(10-14-31)24-22(18-7-11-27-12-8-18)16-28-25(30-24)29-21-5-6-21/h1-4,7-8,11-12,16,19,21H,5-6,9-10,13-15H2,(H,28,29,30). The molecule has 0 unspecified atom stereocenters. The molecule has 3 heterocycles. The smallest absolute Gasteiger partial charge is 0.226 e. The van der Waals surface area contributed by atoms with Crippen molar-refractivity contribution < 1.29 is 4.79 Å². The fraction of sp³-hybridized carbons (Fsp3) is 0.360. The highest BCUT2D eigenvalue weighted by atomic mass is 35.5. The van der Waals surface area contributed by atoms with Gasteiger partial charge in [0.25, 0.3) is 0 Å². The minimum Gasteiger partial charge on any atom is -0.351 e. The summed E-state index contributed by atoms with van der Waals surface area (Å²) in [7, 11) is 0. The summed E-state index contributed by atoms with van der Waals surface area (Å²) in [6, 6.07) is 12.0.